The van der Waals surface area contributed by atoms with Gasteiger partial charge in [0.15, 0.2) is 0 Å². The molecule has 5 rings (SSSR count). The molecule has 0 spiro atoms. The number of para-hydroxylation sites is 1. The lowest BCUT2D eigenvalue weighted by molar-refractivity contribution is -0.139. The lowest BCUT2D eigenvalue weighted by atomic mass is 10.0. The van der Waals surface area contributed by atoms with Crippen LogP contribution in [0.15, 0.2) is 91.1 Å². The molecule has 0 unspecified atom stereocenters. The first kappa shape index (κ1) is 23.0. The number of carboxylic acids is 1. The summed E-state index contributed by atoms with van der Waals surface area (Å²) in [5.74, 6) is -0.177. The zero-order chi connectivity index (χ0) is 24.2. The van der Waals surface area contributed by atoms with Crippen LogP contribution in [0.25, 0.3) is 21.7 Å². The highest BCUT2D eigenvalue weighted by molar-refractivity contribution is 6.30. The summed E-state index contributed by atoms with van der Waals surface area (Å²) in [6.07, 6.45) is 2.25. The van der Waals surface area contributed by atoms with Crippen molar-refractivity contribution >= 4 is 39.2 Å². The van der Waals surface area contributed by atoms with E-state index < -0.39 is 12.0 Å². The van der Waals surface area contributed by atoms with Gasteiger partial charge in [0.25, 0.3) is 0 Å². The summed E-state index contributed by atoms with van der Waals surface area (Å²) in [6, 6.07) is 26.7. The van der Waals surface area contributed by atoms with Crippen molar-refractivity contribution < 1.29 is 14.6 Å². The minimum absolute atomic E-state index is 0.353. The van der Waals surface area contributed by atoms with Crippen LogP contribution in [-0.4, -0.2) is 22.1 Å². The number of nitrogens with one attached hydrogen (secondary N) is 2. The maximum atomic E-state index is 12.2. The van der Waals surface area contributed by atoms with Crippen molar-refractivity contribution in [1.29, 1.82) is 0 Å². The molecule has 1 atom stereocenters. The van der Waals surface area contributed by atoms with Gasteiger partial charge in [-0.05, 0) is 46.2 Å². The van der Waals surface area contributed by atoms with E-state index in [4.69, 9.17) is 16.3 Å². The summed E-state index contributed by atoms with van der Waals surface area (Å²) in [4.78, 5) is 15.4. The SMILES string of the molecule is O=C(O)[C@H](Cc1c[nH]c2ccccc12)NCc1c(OCc2cccc(Cl)c2)ccc2ccccc12. The van der Waals surface area contributed by atoms with Crippen LogP contribution in [0.3, 0.4) is 0 Å². The van der Waals surface area contributed by atoms with E-state index in [9.17, 15) is 9.90 Å². The van der Waals surface area contributed by atoms with Gasteiger partial charge in [-0.15, -0.1) is 0 Å². The van der Waals surface area contributed by atoms with Gasteiger partial charge in [-0.3, -0.25) is 10.1 Å². The minimum Gasteiger partial charge on any atom is -0.489 e. The largest absolute Gasteiger partial charge is 0.489 e. The minimum atomic E-state index is -0.892. The Morgan fingerprint density at radius 3 is 2.60 bits per heavy atom. The Morgan fingerprint density at radius 1 is 0.971 bits per heavy atom. The third-order valence-corrected chi connectivity index (χ3v) is 6.44. The number of halogens is 1. The Morgan fingerprint density at radius 2 is 1.77 bits per heavy atom. The molecule has 0 aliphatic rings. The van der Waals surface area contributed by atoms with Crippen LogP contribution in [0.1, 0.15) is 16.7 Å². The van der Waals surface area contributed by atoms with Gasteiger partial charge >= 0.3 is 5.97 Å². The summed E-state index contributed by atoms with van der Waals surface area (Å²) in [5.41, 5.74) is 3.86. The zero-order valence-corrected chi connectivity index (χ0v) is 19.8. The average Bonchev–Trinajstić information content (AvgIpc) is 3.28. The topological polar surface area (TPSA) is 74.3 Å². The maximum absolute atomic E-state index is 12.2. The van der Waals surface area contributed by atoms with Gasteiger partial charge in [-0.25, -0.2) is 0 Å². The second kappa shape index (κ2) is 10.2. The first-order valence-corrected chi connectivity index (χ1v) is 11.9. The van der Waals surface area contributed by atoms with E-state index in [0.717, 1.165) is 38.4 Å². The summed E-state index contributed by atoms with van der Waals surface area (Å²) >= 11 is 6.12. The van der Waals surface area contributed by atoms with Crippen LogP contribution in [0.5, 0.6) is 5.75 Å². The van der Waals surface area contributed by atoms with Crippen LogP contribution in [0, 0.1) is 0 Å². The molecule has 0 aliphatic heterocycles. The van der Waals surface area contributed by atoms with Crippen molar-refractivity contribution in [3.63, 3.8) is 0 Å². The first-order chi connectivity index (χ1) is 17.1. The Kier molecular flexibility index (Phi) is 6.70. The Bertz CT molecular complexity index is 1490. The first-order valence-electron chi connectivity index (χ1n) is 11.5. The van der Waals surface area contributed by atoms with E-state index in [-0.39, 0.29) is 0 Å². The third-order valence-electron chi connectivity index (χ3n) is 6.20. The lowest BCUT2D eigenvalue weighted by Crippen LogP contribution is -2.38. The number of aromatic amines is 1. The smallest absolute Gasteiger partial charge is 0.321 e. The van der Waals surface area contributed by atoms with Crippen molar-refractivity contribution in [2.45, 2.75) is 25.6 Å². The molecule has 0 saturated heterocycles. The second-order valence-corrected chi connectivity index (χ2v) is 8.95. The molecule has 4 aromatic carbocycles. The van der Waals surface area contributed by atoms with Crippen molar-refractivity contribution in [3.05, 3.63) is 113 Å². The fraction of sp³-hybridized carbons (Fsp3) is 0.138. The number of fused-ring (bicyclic) bond motifs is 2. The van der Waals surface area contributed by atoms with Crippen molar-refractivity contribution in [2.24, 2.45) is 0 Å². The van der Waals surface area contributed by atoms with Gasteiger partial charge in [-0.2, -0.15) is 0 Å². The van der Waals surface area contributed by atoms with Gasteiger partial charge in [0.1, 0.15) is 18.4 Å². The average molecular weight is 485 g/mol. The van der Waals surface area contributed by atoms with Gasteiger partial charge in [0.2, 0.25) is 0 Å². The monoisotopic (exact) mass is 484 g/mol. The Labute approximate surface area is 208 Å². The van der Waals surface area contributed by atoms with Gasteiger partial charge in [0.05, 0.1) is 0 Å². The molecule has 5 aromatic rings. The summed E-state index contributed by atoms with van der Waals surface area (Å²) in [6.45, 7) is 0.717. The third kappa shape index (κ3) is 5.16. The van der Waals surface area contributed by atoms with E-state index in [1.54, 1.807) is 0 Å². The van der Waals surface area contributed by atoms with Crippen LogP contribution >= 0.6 is 11.6 Å². The van der Waals surface area contributed by atoms with Crippen molar-refractivity contribution in [2.75, 3.05) is 0 Å². The van der Waals surface area contributed by atoms with Crippen LogP contribution in [-0.2, 0) is 24.4 Å². The van der Waals surface area contributed by atoms with E-state index in [1.807, 2.05) is 91.1 Å². The number of carboxylic acid groups (broad SMARTS) is 1. The van der Waals surface area contributed by atoms with Crippen LogP contribution < -0.4 is 10.1 Å². The lowest BCUT2D eigenvalue weighted by Gasteiger charge is -2.18. The van der Waals surface area contributed by atoms with Gasteiger partial charge in [0, 0.05) is 40.7 Å². The molecule has 176 valence electrons. The molecule has 0 amide bonds. The highest BCUT2D eigenvalue weighted by Gasteiger charge is 2.21. The van der Waals surface area contributed by atoms with E-state index >= 15 is 0 Å². The highest BCUT2D eigenvalue weighted by Crippen LogP contribution is 2.29. The molecule has 35 heavy (non-hydrogen) atoms. The Balaban J connectivity index is 1.40. The molecule has 1 heterocycles. The number of H-pyrrole nitrogens is 1. The quantitative estimate of drug-likeness (QED) is 0.228. The summed E-state index contributed by atoms with van der Waals surface area (Å²) in [7, 11) is 0. The molecule has 0 aliphatic carbocycles. The number of carbonyl (C=O) groups is 1. The molecule has 0 bridgehead atoms. The summed E-state index contributed by atoms with van der Waals surface area (Å²) in [5, 5.41) is 17.0. The molecular weight excluding hydrogens is 460 g/mol. The van der Waals surface area contributed by atoms with E-state index in [2.05, 4.69) is 10.3 Å². The highest BCUT2D eigenvalue weighted by atomic mass is 35.5. The fourth-order valence-corrected chi connectivity index (χ4v) is 4.63. The standard InChI is InChI=1S/C29H25ClN2O3/c30-22-8-5-6-19(14-22)18-35-28-13-12-20-7-1-2-9-23(20)25(28)17-32-27(29(33)34)15-21-16-31-26-11-4-3-10-24(21)26/h1-14,16,27,31-32H,15,17-18H2,(H,33,34)/t27-/m0/s1. The normalized spacial score (nSPS) is 12.1. The van der Waals surface area contributed by atoms with E-state index in [0.29, 0.717) is 30.3 Å². The molecule has 5 nitrogen and oxygen atoms in total. The molecule has 3 N–H and O–H groups in total. The molecule has 0 radical (unpaired) electrons. The maximum Gasteiger partial charge on any atom is 0.321 e. The van der Waals surface area contributed by atoms with Crippen molar-refractivity contribution in [3.8, 4) is 5.75 Å². The molecule has 0 saturated carbocycles. The predicted molar refractivity (Wildman–Crippen MR) is 140 cm³/mol. The number of aromatic nitrogens is 1. The van der Waals surface area contributed by atoms with Crippen molar-refractivity contribution in [1.82, 2.24) is 10.3 Å². The number of benzene rings is 4. The van der Waals surface area contributed by atoms with Crippen LogP contribution in [0.2, 0.25) is 5.02 Å². The number of hydrogen-bond donors (Lipinski definition) is 3. The molecule has 0 fully saturated rings. The number of rotatable bonds is 9. The number of ether oxygens (including phenoxy) is 1. The van der Waals surface area contributed by atoms with Crippen LogP contribution in [0.4, 0.5) is 0 Å². The molecule has 1 aromatic heterocycles. The predicted octanol–water partition coefficient (Wildman–Crippen LogP) is 6.34. The number of hydrogen-bond acceptors (Lipinski definition) is 3. The summed E-state index contributed by atoms with van der Waals surface area (Å²) < 4.78 is 6.19. The molecule has 6 heteroatoms. The zero-order valence-electron chi connectivity index (χ0n) is 19.0. The fourth-order valence-electron chi connectivity index (χ4n) is 4.41. The number of aliphatic carboxylic acids is 1. The van der Waals surface area contributed by atoms with Gasteiger partial charge < -0.3 is 14.8 Å². The van der Waals surface area contributed by atoms with Gasteiger partial charge in [-0.1, -0.05) is 72.3 Å². The second-order valence-electron chi connectivity index (χ2n) is 8.52. The van der Waals surface area contributed by atoms with E-state index in [1.165, 1.54) is 0 Å². The Hall–Kier alpha value is -3.80. The molecular formula is C29H25ClN2O3.